The SMILES string of the molecule is COC(=O)c1ccc(CN[C@@H]2c3ccccc3CC[C@H]2Cc2ccccc2)cc1. The van der Waals surface area contributed by atoms with E-state index in [-0.39, 0.29) is 5.97 Å². The lowest BCUT2D eigenvalue weighted by Crippen LogP contribution is -2.33. The van der Waals surface area contributed by atoms with Gasteiger partial charge in [0, 0.05) is 12.6 Å². The van der Waals surface area contributed by atoms with E-state index in [1.54, 1.807) is 0 Å². The Morgan fingerprint density at radius 3 is 2.41 bits per heavy atom. The second-order valence-electron chi connectivity index (χ2n) is 7.73. The summed E-state index contributed by atoms with van der Waals surface area (Å²) < 4.78 is 4.79. The van der Waals surface area contributed by atoms with Crippen molar-refractivity contribution < 1.29 is 9.53 Å². The summed E-state index contributed by atoms with van der Waals surface area (Å²) in [5.74, 6) is 0.260. The summed E-state index contributed by atoms with van der Waals surface area (Å²) in [6.45, 7) is 0.770. The van der Waals surface area contributed by atoms with Gasteiger partial charge in [-0.1, -0.05) is 66.7 Å². The third kappa shape index (κ3) is 4.57. The van der Waals surface area contributed by atoms with Crippen molar-refractivity contribution in [2.24, 2.45) is 5.92 Å². The van der Waals surface area contributed by atoms with E-state index in [0.29, 0.717) is 17.5 Å². The minimum atomic E-state index is -0.298. The Labute approximate surface area is 172 Å². The number of fused-ring (bicyclic) bond motifs is 1. The Hall–Kier alpha value is -2.91. The number of hydrogen-bond donors (Lipinski definition) is 1. The van der Waals surface area contributed by atoms with Gasteiger partial charge in [0.2, 0.25) is 0 Å². The van der Waals surface area contributed by atoms with E-state index >= 15 is 0 Å². The predicted molar refractivity (Wildman–Crippen MR) is 116 cm³/mol. The summed E-state index contributed by atoms with van der Waals surface area (Å²) in [5, 5.41) is 3.81. The van der Waals surface area contributed by atoms with E-state index in [4.69, 9.17) is 4.74 Å². The Bertz CT molecular complexity index is 950. The predicted octanol–water partition coefficient (Wildman–Crippen LogP) is 5.11. The Morgan fingerprint density at radius 1 is 0.931 bits per heavy atom. The molecular weight excluding hydrogens is 358 g/mol. The van der Waals surface area contributed by atoms with Gasteiger partial charge in [-0.3, -0.25) is 0 Å². The molecule has 3 heteroatoms. The topological polar surface area (TPSA) is 38.3 Å². The maximum atomic E-state index is 11.6. The molecule has 1 aliphatic carbocycles. The summed E-state index contributed by atoms with van der Waals surface area (Å²) in [4.78, 5) is 11.6. The lowest BCUT2D eigenvalue weighted by molar-refractivity contribution is 0.0600. The second-order valence-corrected chi connectivity index (χ2v) is 7.73. The molecule has 0 aliphatic heterocycles. The maximum Gasteiger partial charge on any atom is 0.337 e. The fourth-order valence-electron chi connectivity index (χ4n) is 4.34. The minimum absolute atomic E-state index is 0.298. The molecule has 0 radical (unpaired) electrons. The monoisotopic (exact) mass is 385 g/mol. The number of rotatable bonds is 6. The molecule has 1 N–H and O–H groups in total. The van der Waals surface area contributed by atoms with Crippen LogP contribution in [0.4, 0.5) is 0 Å². The van der Waals surface area contributed by atoms with Crippen LogP contribution in [-0.2, 0) is 24.1 Å². The molecule has 0 bridgehead atoms. The normalized spacial score (nSPS) is 18.1. The zero-order valence-corrected chi connectivity index (χ0v) is 16.8. The number of nitrogens with one attached hydrogen (secondary N) is 1. The molecule has 3 aromatic rings. The lowest BCUT2D eigenvalue weighted by atomic mass is 9.77. The molecular formula is C26H27NO2. The number of ether oxygens (including phenoxy) is 1. The average Bonchev–Trinajstić information content (AvgIpc) is 2.79. The van der Waals surface area contributed by atoms with Crippen LogP contribution in [0.15, 0.2) is 78.9 Å². The fraction of sp³-hybridized carbons (Fsp3) is 0.269. The molecule has 0 spiro atoms. The van der Waals surface area contributed by atoms with Gasteiger partial charge >= 0.3 is 5.97 Å². The number of carbonyl (C=O) groups is 1. The summed E-state index contributed by atoms with van der Waals surface area (Å²) in [7, 11) is 1.41. The standard InChI is InChI=1S/C26H27NO2/c1-29-26(28)22-13-11-20(12-14-22)18-27-25-23(17-19-7-3-2-4-8-19)16-15-21-9-5-6-10-24(21)25/h2-14,23,25,27H,15-18H2,1H3/t23-,25-/m0/s1. The highest BCUT2D eigenvalue weighted by Gasteiger charge is 2.29. The summed E-state index contributed by atoms with van der Waals surface area (Å²) in [6.07, 6.45) is 3.40. The van der Waals surface area contributed by atoms with E-state index in [9.17, 15) is 4.79 Å². The molecule has 0 amide bonds. The van der Waals surface area contributed by atoms with Gasteiger partial charge in [-0.05, 0) is 59.6 Å². The highest BCUT2D eigenvalue weighted by molar-refractivity contribution is 5.89. The van der Waals surface area contributed by atoms with Gasteiger partial charge in [0.25, 0.3) is 0 Å². The van der Waals surface area contributed by atoms with Crippen LogP contribution in [0.3, 0.4) is 0 Å². The summed E-state index contributed by atoms with van der Waals surface area (Å²) in [5.41, 5.74) is 6.02. The maximum absolute atomic E-state index is 11.6. The van der Waals surface area contributed by atoms with Gasteiger partial charge in [0.15, 0.2) is 0 Å². The zero-order chi connectivity index (χ0) is 20.1. The van der Waals surface area contributed by atoms with Gasteiger partial charge in [-0.15, -0.1) is 0 Å². The van der Waals surface area contributed by atoms with Crippen LogP contribution in [-0.4, -0.2) is 13.1 Å². The molecule has 0 aromatic heterocycles. The highest BCUT2D eigenvalue weighted by atomic mass is 16.5. The number of aryl methyl sites for hydroxylation is 1. The number of esters is 1. The molecule has 0 saturated carbocycles. The minimum Gasteiger partial charge on any atom is -0.465 e. The molecule has 0 saturated heterocycles. The molecule has 29 heavy (non-hydrogen) atoms. The van der Waals surface area contributed by atoms with Crippen LogP contribution in [0.2, 0.25) is 0 Å². The van der Waals surface area contributed by atoms with Gasteiger partial charge in [-0.2, -0.15) is 0 Å². The molecule has 3 nitrogen and oxygen atoms in total. The second kappa shape index (κ2) is 9.06. The van der Waals surface area contributed by atoms with Crippen molar-refractivity contribution in [3.63, 3.8) is 0 Å². The smallest absolute Gasteiger partial charge is 0.337 e. The molecule has 0 heterocycles. The molecule has 0 unspecified atom stereocenters. The molecule has 2 atom stereocenters. The van der Waals surface area contributed by atoms with Gasteiger partial charge in [-0.25, -0.2) is 4.79 Å². The lowest BCUT2D eigenvalue weighted by Gasteiger charge is -2.35. The third-order valence-corrected chi connectivity index (χ3v) is 5.89. The van der Waals surface area contributed by atoms with Crippen molar-refractivity contribution in [2.45, 2.75) is 31.8 Å². The Balaban J connectivity index is 1.52. The molecule has 4 rings (SSSR count). The van der Waals surface area contributed by atoms with Crippen LogP contribution < -0.4 is 5.32 Å². The van der Waals surface area contributed by atoms with E-state index in [2.05, 4.69) is 59.9 Å². The van der Waals surface area contributed by atoms with Crippen LogP contribution >= 0.6 is 0 Å². The first kappa shape index (κ1) is 19.4. The van der Waals surface area contributed by atoms with E-state index < -0.39 is 0 Å². The van der Waals surface area contributed by atoms with Gasteiger partial charge < -0.3 is 10.1 Å². The van der Waals surface area contributed by atoms with Crippen molar-refractivity contribution in [3.8, 4) is 0 Å². The molecule has 148 valence electrons. The Morgan fingerprint density at radius 2 is 1.66 bits per heavy atom. The summed E-state index contributed by atoms with van der Waals surface area (Å²) >= 11 is 0. The third-order valence-electron chi connectivity index (χ3n) is 5.89. The van der Waals surface area contributed by atoms with E-state index in [1.807, 2.05) is 24.3 Å². The van der Waals surface area contributed by atoms with Crippen LogP contribution in [0.25, 0.3) is 0 Å². The summed E-state index contributed by atoms with van der Waals surface area (Å²) in [6, 6.07) is 27.6. The molecule has 1 aliphatic rings. The fourth-order valence-corrected chi connectivity index (χ4v) is 4.34. The van der Waals surface area contributed by atoms with Crippen LogP contribution in [0.1, 0.15) is 45.1 Å². The molecule has 3 aromatic carbocycles. The van der Waals surface area contributed by atoms with E-state index in [0.717, 1.165) is 19.4 Å². The van der Waals surface area contributed by atoms with Gasteiger partial charge in [0.05, 0.1) is 12.7 Å². The van der Waals surface area contributed by atoms with Crippen molar-refractivity contribution in [3.05, 3.63) is 107 Å². The molecule has 0 fully saturated rings. The average molecular weight is 386 g/mol. The van der Waals surface area contributed by atoms with Crippen molar-refractivity contribution >= 4 is 5.97 Å². The number of benzene rings is 3. The first-order chi connectivity index (χ1) is 14.2. The quantitative estimate of drug-likeness (QED) is 0.599. The highest BCUT2D eigenvalue weighted by Crippen LogP contribution is 2.36. The van der Waals surface area contributed by atoms with Gasteiger partial charge in [0.1, 0.15) is 0 Å². The first-order valence-corrected chi connectivity index (χ1v) is 10.3. The van der Waals surface area contributed by atoms with Crippen LogP contribution in [0.5, 0.6) is 0 Å². The largest absolute Gasteiger partial charge is 0.465 e. The van der Waals surface area contributed by atoms with Crippen molar-refractivity contribution in [2.75, 3.05) is 7.11 Å². The van der Waals surface area contributed by atoms with E-state index in [1.165, 1.54) is 35.8 Å². The Kier molecular flexibility index (Phi) is 6.06. The number of carbonyl (C=O) groups excluding carboxylic acids is 1. The number of hydrogen-bond acceptors (Lipinski definition) is 3. The first-order valence-electron chi connectivity index (χ1n) is 10.3. The zero-order valence-electron chi connectivity index (χ0n) is 16.8. The van der Waals surface area contributed by atoms with Crippen LogP contribution in [0, 0.1) is 5.92 Å². The van der Waals surface area contributed by atoms with Crippen molar-refractivity contribution in [1.29, 1.82) is 0 Å². The van der Waals surface area contributed by atoms with Crippen molar-refractivity contribution in [1.82, 2.24) is 5.32 Å². The number of methoxy groups -OCH3 is 1.